The Balaban J connectivity index is 1.51. The van der Waals surface area contributed by atoms with Gasteiger partial charge < -0.3 is 9.47 Å². The van der Waals surface area contributed by atoms with Crippen LogP contribution in [-0.2, 0) is 6.61 Å². The minimum Gasteiger partial charge on any atom is -0.490 e. The van der Waals surface area contributed by atoms with Crippen LogP contribution in [0.15, 0.2) is 82.7 Å². The zero-order valence-corrected chi connectivity index (χ0v) is 19.4. The van der Waals surface area contributed by atoms with E-state index < -0.39 is 5.56 Å². The number of hydrogen-bond donors (Lipinski definition) is 2. The lowest BCUT2D eigenvalue weighted by atomic mass is 10.1. The first-order valence-electron chi connectivity index (χ1n) is 11.1. The molecule has 0 atom stereocenters. The summed E-state index contributed by atoms with van der Waals surface area (Å²) in [5.41, 5.74) is 4.35. The first kappa shape index (κ1) is 24.2. The Bertz CT molecular complexity index is 1480. The van der Waals surface area contributed by atoms with Crippen LogP contribution < -0.4 is 20.5 Å². The summed E-state index contributed by atoms with van der Waals surface area (Å²) in [7, 11) is 0. The fraction of sp³-hybridized carbons (Fsp3) is 0.111. The Morgan fingerprint density at radius 3 is 2.67 bits per heavy atom. The molecule has 0 unspecified atom stereocenters. The van der Waals surface area contributed by atoms with Crippen molar-refractivity contribution in [1.29, 1.82) is 5.26 Å². The molecule has 0 bridgehead atoms. The first-order valence-corrected chi connectivity index (χ1v) is 11.1. The van der Waals surface area contributed by atoms with Gasteiger partial charge in [0.15, 0.2) is 11.5 Å². The molecule has 4 rings (SSSR count). The second kappa shape index (κ2) is 11.4. The van der Waals surface area contributed by atoms with E-state index in [0.717, 1.165) is 0 Å². The molecule has 0 saturated carbocycles. The predicted molar refractivity (Wildman–Crippen MR) is 135 cm³/mol. The Morgan fingerprint density at radius 1 is 1.08 bits per heavy atom. The maximum atomic E-state index is 13.4. The summed E-state index contributed by atoms with van der Waals surface area (Å²) in [5, 5.41) is 13.5. The number of hydrogen-bond acceptors (Lipinski definition) is 7. The number of halogens is 1. The van der Waals surface area contributed by atoms with Crippen molar-refractivity contribution in [2.45, 2.75) is 13.5 Å². The highest BCUT2D eigenvalue weighted by Crippen LogP contribution is 2.29. The number of nitriles is 1. The SMILES string of the molecule is CCOc1cc(C=NNc2nc(-c3ccccc3)c(C#N)c(=O)[nH]2)ccc1OCc1cccc(F)c1. The van der Waals surface area contributed by atoms with Gasteiger partial charge in [-0.1, -0.05) is 42.5 Å². The third-order valence-corrected chi connectivity index (χ3v) is 5.01. The van der Waals surface area contributed by atoms with E-state index in [0.29, 0.717) is 34.8 Å². The highest BCUT2D eigenvalue weighted by molar-refractivity contribution is 5.81. The predicted octanol–water partition coefficient (Wildman–Crippen LogP) is 4.87. The molecule has 0 aliphatic carbocycles. The molecule has 0 saturated heterocycles. The van der Waals surface area contributed by atoms with E-state index >= 15 is 0 Å². The summed E-state index contributed by atoms with van der Waals surface area (Å²) in [6.07, 6.45) is 1.53. The number of anilines is 1. The van der Waals surface area contributed by atoms with Crippen molar-refractivity contribution >= 4 is 12.2 Å². The zero-order chi connectivity index (χ0) is 25.3. The molecule has 9 heteroatoms. The van der Waals surface area contributed by atoms with Gasteiger partial charge >= 0.3 is 0 Å². The fourth-order valence-corrected chi connectivity index (χ4v) is 3.38. The highest BCUT2D eigenvalue weighted by atomic mass is 19.1. The van der Waals surface area contributed by atoms with Gasteiger partial charge in [0.25, 0.3) is 5.56 Å². The topological polar surface area (TPSA) is 112 Å². The second-order valence-electron chi connectivity index (χ2n) is 7.54. The average molecular weight is 484 g/mol. The average Bonchev–Trinajstić information content (AvgIpc) is 2.89. The monoisotopic (exact) mass is 483 g/mol. The molecule has 4 aromatic rings. The molecule has 0 radical (unpaired) electrons. The number of H-pyrrole nitrogens is 1. The Labute approximate surface area is 206 Å². The normalized spacial score (nSPS) is 10.7. The molecule has 36 heavy (non-hydrogen) atoms. The van der Waals surface area contributed by atoms with Crippen molar-refractivity contribution in [2.24, 2.45) is 5.10 Å². The minimum atomic E-state index is -0.567. The van der Waals surface area contributed by atoms with Crippen molar-refractivity contribution in [3.05, 3.63) is 106 Å². The standard InChI is InChI=1S/C27H22FN5O3/c1-2-35-24-14-18(11-12-23(24)36-17-19-7-6-10-21(28)13-19)16-30-33-27-31-25(20-8-4-3-5-9-20)22(15-29)26(34)32-27/h3-14,16H,2,17H2,1H3,(H2,31,32,33,34). The molecule has 0 fully saturated rings. The van der Waals surface area contributed by atoms with Gasteiger partial charge in [0.1, 0.15) is 24.1 Å². The van der Waals surface area contributed by atoms with Crippen LogP contribution in [0.4, 0.5) is 10.3 Å². The van der Waals surface area contributed by atoms with Crippen LogP contribution in [0.5, 0.6) is 11.5 Å². The maximum Gasteiger partial charge on any atom is 0.270 e. The molecule has 2 N–H and O–H groups in total. The largest absolute Gasteiger partial charge is 0.490 e. The van der Waals surface area contributed by atoms with Gasteiger partial charge in [-0.2, -0.15) is 10.4 Å². The summed E-state index contributed by atoms with van der Waals surface area (Å²) in [6, 6.07) is 22.3. The van der Waals surface area contributed by atoms with Crippen LogP contribution >= 0.6 is 0 Å². The Kier molecular flexibility index (Phi) is 7.68. The van der Waals surface area contributed by atoms with Gasteiger partial charge in [-0.3, -0.25) is 9.78 Å². The second-order valence-corrected chi connectivity index (χ2v) is 7.54. The van der Waals surface area contributed by atoms with E-state index in [1.165, 1.54) is 18.3 Å². The van der Waals surface area contributed by atoms with Gasteiger partial charge in [-0.15, -0.1) is 0 Å². The van der Waals surface area contributed by atoms with Crippen molar-refractivity contribution in [2.75, 3.05) is 12.0 Å². The summed E-state index contributed by atoms with van der Waals surface area (Å²) < 4.78 is 24.9. The van der Waals surface area contributed by atoms with Crippen molar-refractivity contribution < 1.29 is 13.9 Å². The van der Waals surface area contributed by atoms with E-state index in [1.807, 2.05) is 19.1 Å². The van der Waals surface area contributed by atoms with E-state index in [1.54, 1.807) is 54.6 Å². The minimum absolute atomic E-state index is 0.0779. The zero-order valence-electron chi connectivity index (χ0n) is 19.4. The number of aromatic nitrogens is 2. The van der Waals surface area contributed by atoms with Gasteiger partial charge in [-0.05, 0) is 48.4 Å². The quantitative estimate of drug-likeness (QED) is 0.259. The molecule has 0 aliphatic heterocycles. The summed E-state index contributed by atoms with van der Waals surface area (Å²) in [4.78, 5) is 19.2. The number of benzene rings is 3. The van der Waals surface area contributed by atoms with Crippen molar-refractivity contribution in [3.63, 3.8) is 0 Å². The van der Waals surface area contributed by atoms with Gasteiger partial charge in [0.05, 0.1) is 18.5 Å². The third-order valence-electron chi connectivity index (χ3n) is 5.01. The Hall–Kier alpha value is -4.97. The first-order chi connectivity index (χ1) is 17.6. The summed E-state index contributed by atoms with van der Waals surface area (Å²) in [6.45, 7) is 2.47. The van der Waals surface area contributed by atoms with Crippen LogP contribution in [-0.4, -0.2) is 22.8 Å². The van der Waals surface area contributed by atoms with Crippen molar-refractivity contribution in [1.82, 2.24) is 9.97 Å². The number of rotatable bonds is 9. The number of nitrogens with one attached hydrogen (secondary N) is 2. The fourth-order valence-electron chi connectivity index (χ4n) is 3.38. The van der Waals surface area contributed by atoms with E-state index in [2.05, 4.69) is 20.5 Å². The van der Waals surface area contributed by atoms with Crippen LogP contribution in [0, 0.1) is 17.1 Å². The van der Waals surface area contributed by atoms with E-state index in [9.17, 15) is 14.4 Å². The number of ether oxygens (including phenoxy) is 2. The van der Waals surface area contributed by atoms with Crippen LogP contribution in [0.1, 0.15) is 23.6 Å². The summed E-state index contributed by atoms with van der Waals surface area (Å²) in [5.74, 6) is 0.786. The molecule has 1 aromatic heterocycles. The van der Waals surface area contributed by atoms with Crippen LogP contribution in [0.25, 0.3) is 11.3 Å². The number of nitrogens with zero attached hydrogens (tertiary/aromatic N) is 3. The molecule has 180 valence electrons. The Morgan fingerprint density at radius 2 is 1.92 bits per heavy atom. The molecule has 3 aromatic carbocycles. The molecular weight excluding hydrogens is 461 g/mol. The highest BCUT2D eigenvalue weighted by Gasteiger charge is 2.13. The molecule has 0 spiro atoms. The van der Waals surface area contributed by atoms with Crippen molar-refractivity contribution in [3.8, 4) is 28.8 Å². The lowest BCUT2D eigenvalue weighted by molar-refractivity contribution is 0.269. The number of aromatic amines is 1. The molecule has 1 heterocycles. The van der Waals surface area contributed by atoms with Crippen LogP contribution in [0.2, 0.25) is 0 Å². The van der Waals surface area contributed by atoms with Gasteiger partial charge in [0.2, 0.25) is 5.95 Å². The molecule has 0 aliphatic rings. The molecular formula is C27H22FN5O3. The smallest absolute Gasteiger partial charge is 0.270 e. The van der Waals surface area contributed by atoms with Crippen LogP contribution in [0.3, 0.4) is 0 Å². The third kappa shape index (κ3) is 5.93. The lowest BCUT2D eigenvalue weighted by Gasteiger charge is -2.12. The molecule has 8 nitrogen and oxygen atoms in total. The maximum absolute atomic E-state index is 13.4. The number of hydrazone groups is 1. The van der Waals surface area contributed by atoms with Gasteiger partial charge in [-0.25, -0.2) is 14.8 Å². The molecule has 0 amide bonds. The van der Waals surface area contributed by atoms with E-state index in [-0.39, 0.29) is 29.6 Å². The summed E-state index contributed by atoms with van der Waals surface area (Å²) >= 11 is 0. The lowest BCUT2D eigenvalue weighted by Crippen LogP contribution is -2.16. The van der Waals surface area contributed by atoms with Gasteiger partial charge in [0, 0.05) is 5.56 Å². The van der Waals surface area contributed by atoms with E-state index in [4.69, 9.17) is 9.47 Å².